The topological polar surface area (TPSA) is 64.6 Å². The maximum atomic E-state index is 12.3. The van der Waals surface area contributed by atoms with E-state index in [0.29, 0.717) is 0 Å². The van der Waals surface area contributed by atoms with Gasteiger partial charge in [0, 0.05) is 0 Å². The van der Waals surface area contributed by atoms with Gasteiger partial charge in [0.1, 0.15) is 6.17 Å². The lowest BCUT2D eigenvalue weighted by Gasteiger charge is -2.19. The summed E-state index contributed by atoms with van der Waals surface area (Å²) in [5.74, 6) is -0.413. The second-order valence-electron chi connectivity index (χ2n) is 4.33. The maximum absolute atomic E-state index is 12.3. The molecule has 1 atom stereocenters. The summed E-state index contributed by atoms with van der Waals surface area (Å²) in [6, 6.07) is 0. The molecule has 1 N–H and O–H groups in total. The van der Waals surface area contributed by atoms with Gasteiger partial charge in [-0.2, -0.15) is 0 Å². The van der Waals surface area contributed by atoms with E-state index in [-0.39, 0.29) is 18.4 Å². The van der Waals surface area contributed by atoms with Gasteiger partial charge in [0.2, 0.25) is 6.79 Å². The average molecular weight is 260 g/mol. The number of nitrogens with one attached hydrogen (secondary N) is 1. The summed E-state index contributed by atoms with van der Waals surface area (Å²) in [5.41, 5.74) is 0. The van der Waals surface area contributed by atoms with Crippen molar-refractivity contribution in [1.82, 2.24) is 5.32 Å². The number of carbonyl (C=O) groups is 2. The van der Waals surface area contributed by atoms with Crippen molar-refractivity contribution in [1.29, 1.82) is 0 Å². The van der Waals surface area contributed by atoms with E-state index in [2.05, 4.69) is 17.0 Å². The van der Waals surface area contributed by atoms with Crippen LogP contribution >= 0.6 is 0 Å². The van der Waals surface area contributed by atoms with Crippen LogP contribution in [-0.4, -0.2) is 31.6 Å². The number of ether oxygens (including phenoxy) is 2. The van der Waals surface area contributed by atoms with Gasteiger partial charge in [-0.1, -0.05) is 19.3 Å². The van der Waals surface area contributed by atoms with Crippen LogP contribution in [0.2, 0.25) is 0 Å². The summed E-state index contributed by atoms with van der Waals surface area (Å²) in [7, 11) is 0. The Morgan fingerprint density at radius 1 is 1.28 bits per heavy atom. The first-order chi connectivity index (χ1) is 8.59. The Kier molecular flexibility index (Phi) is 6.46. The normalized spacial score (nSPS) is 17.9. The quantitative estimate of drug-likeness (QED) is 0.606. The van der Waals surface area contributed by atoms with E-state index in [1.165, 1.54) is 0 Å². The Hall–Kier alpha value is -1.33. The van der Waals surface area contributed by atoms with Gasteiger partial charge in [-0.3, -0.25) is 4.79 Å². The highest BCUT2D eigenvalue weighted by molar-refractivity contribution is 5.72. The summed E-state index contributed by atoms with van der Waals surface area (Å²) in [6.07, 6.45) is 2.66. The largest absolute Gasteiger partial charge is 0.428 e. The van der Waals surface area contributed by atoms with Gasteiger partial charge < -0.3 is 14.8 Å². The maximum Gasteiger partial charge on any atom is 0.410 e. The molecule has 1 aliphatic rings. The van der Waals surface area contributed by atoms with E-state index in [9.17, 15) is 14.0 Å². The van der Waals surface area contributed by atoms with Crippen LogP contribution in [0.25, 0.3) is 0 Å². The molecule has 6 heteroatoms. The molecule has 5 nitrogen and oxygen atoms in total. The molecule has 1 saturated carbocycles. The van der Waals surface area contributed by atoms with Gasteiger partial charge in [0.25, 0.3) is 0 Å². The molecule has 0 spiro atoms. The Morgan fingerprint density at radius 3 is 2.56 bits per heavy atom. The Labute approximate surface area is 106 Å². The zero-order valence-corrected chi connectivity index (χ0v) is 10.3. The van der Waals surface area contributed by atoms with Crippen molar-refractivity contribution in [3.63, 3.8) is 0 Å². The fraction of sp³-hybridized carbons (Fsp3) is 0.750. The minimum atomic E-state index is -1.39. The summed E-state index contributed by atoms with van der Waals surface area (Å²) in [4.78, 5) is 22.5. The molecule has 1 rings (SSSR count). The molecule has 0 aromatic heterocycles. The third kappa shape index (κ3) is 5.84. The number of amides is 1. The first-order valence-electron chi connectivity index (χ1n) is 6.14. The standard InChI is InChI=1S/C12H19FNO4/c1-9(13)7-14-12(16)18-8-17-11(15)10-5-3-2-4-6-10/h9-10H,1-8H2,(H,14,16)/t9-/m1/s1. The van der Waals surface area contributed by atoms with Gasteiger partial charge in [-0.05, 0) is 19.8 Å². The van der Waals surface area contributed by atoms with Crippen LogP contribution < -0.4 is 5.32 Å². The SMILES string of the molecule is [CH2][C@@H](F)CNC(=O)OCOC(=O)C1CCCCC1. The first kappa shape index (κ1) is 14.7. The molecule has 1 radical (unpaired) electrons. The lowest BCUT2D eigenvalue weighted by molar-refractivity contribution is -0.157. The van der Waals surface area contributed by atoms with Crippen molar-refractivity contribution in [2.24, 2.45) is 5.92 Å². The number of esters is 1. The Balaban J connectivity index is 2.09. The molecule has 0 unspecified atom stereocenters. The zero-order chi connectivity index (χ0) is 13.4. The van der Waals surface area contributed by atoms with Crippen molar-refractivity contribution >= 4 is 12.1 Å². The number of alkyl halides is 1. The third-order valence-electron chi connectivity index (χ3n) is 2.80. The number of rotatable bonds is 5. The number of halogens is 1. The minimum absolute atomic E-state index is 0.0829. The zero-order valence-electron chi connectivity index (χ0n) is 10.3. The van der Waals surface area contributed by atoms with Gasteiger partial charge >= 0.3 is 12.1 Å². The van der Waals surface area contributed by atoms with Crippen molar-refractivity contribution in [2.75, 3.05) is 13.3 Å². The lowest BCUT2D eigenvalue weighted by Crippen LogP contribution is -2.31. The van der Waals surface area contributed by atoms with Gasteiger partial charge in [0.15, 0.2) is 0 Å². The van der Waals surface area contributed by atoms with E-state index in [0.717, 1.165) is 32.1 Å². The molecular weight excluding hydrogens is 241 g/mol. The monoisotopic (exact) mass is 260 g/mol. The van der Waals surface area contributed by atoms with Crippen molar-refractivity contribution < 1.29 is 23.5 Å². The predicted molar refractivity (Wildman–Crippen MR) is 62.3 cm³/mol. The molecule has 0 saturated heterocycles. The lowest BCUT2D eigenvalue weighted by atomic mass is 9.89. The van der Waals surface area contributed by atoms with E-state index in [1.807, 2.05) is 0 Å². The first-order valence-corrected chi connectivity index (χ1v) is 6.14. The fourth-order valence-corrected chi connectivity index (χ4v) is 1.84. The molecule has 1 fully saturated rings. The number of alkyl carbamates (subject to hydrolysis) is 1. The number of carbonyl (C=O) groups excluding carboxylic acids is 2. The van der Waals surface area contributed by atoms with Crippen LogP contribution in [0.5, 0.6) is 0 Å². The molecule has 18 heavy (non-hydrogen) atoms. The molecule has 103 valence electrons. The van der Waals surface area contributed by atoms with E-state index in [4.69, 9.17) is 4.74 Å². The fourth-order valence-electron chi connectivity index (χ4n) is 1.84. The predicted octanol–water partition coefficient (Wildman–Crippen LogP) is 1.97. The van der Waals surface area contributed by atoms with Gasteiger partial charge in [-0.15, -0.1) is 0 Å². The highest BCUT2D eigenvalue weighted by Crippen LogP contribution is 2.24. The van der Waals surface area contributed by atoms with Crippen molar-refractivity contribution in [3.8, 4) is 0 Å². The highest BCUT2D eigenvalue weighted by atomic mass is 19.1. The molecule has 1 amide bonds. The molecule has 0 heterocycles. The van der Waals surface area contributed by atoms with Crippen LogP contribution in [0.3, 0.4) is 0 Å². The van der Waals surface area contributed by atoms with Crippen molar-refractivity contribution in [2.45, 2.75) is 38.3 Å². The van der Waals surface area contributed by atoms with Crippen LogP contribution in [0.1, 0.15) is 32.1 Å². The Morgan fingerprint density at radius 2 is 1.94 bits per heavy atom. The molecule has 1 aliphatic carbocycles. The van der Waals surface area contributed by atoms with E-state index >= 15 is 0 Å². The summed E-state index contributed by atoms with van der Waals surface area (Å²) < 4.78 is 21.7. The van der Waals surface area contributed by atoms with Crippen LogP contribution in [-0.2, 0) is 14.3 Å². The summed E-state index contributed by atoms with van der Waals surface area (Å²) in [5, 5.41) is 2.15. The Bertz CT molecular complexity index is 277. The van der Waals surface area contributed by atoms with Gasteiger partial charge in [-0.25, -0.2) is 9.18 Å². The minimum Gasteiger partial charge on any atom is -0.428 e. The van der Waals surface area contributed by atoms with E-state index < -0.39 is 19.1 Å². The second-order valence-corrected chi connectivity index (χ2v) is 4.33. The van der Waals surface area contributed by atoms with Crippen molar-refractivity contribution in [3.05, 3.63) is 6.92 Å². The molecule has 0 bridgehead atoms. The van der Waals surface area contributed by atoms with E-state index in [1.54, 1.807) is 0 Å². The summed E-state index contributed by atoms with van der Waals surface area (Å²) in [6.45, 7) is 2.40. The molecule has 0 aliphatic heterocycles. The van der Waals surface area contributed by atoms with Crippen LogP contribution in [0.15, 0.2) is 0 Å². The number of hydrogen-bond donors (Lipinski definition) is 1. The molecule has 0 aromatic rings. The third-order valence-corrected chi connectivity index (χ3v) is 2.80. The smallest absolute Gasteiger partial charge is 0.410 e. The average Bonchev–Trinajstić information content (AvgIpc) is 2.37. The molecular formula is C12H19FNO4. The molecule has 0 aromatic carbocycles. The van der Waals surface area contributed by atoms with Crippen LogP contribution in [0.4, 0.5) is 9.18 Å². The highest BCUT2D eigenvalue weighted by Gasteiger charge is 2.22. The summed E-state index contributed by atoms with van der Waals surface area (Å²) >= 11 is 0. The number of hydrogen-bond acceptors (Lipinski definition) is 4. The van der Waals surface area contributed by atoms with Crippen LogP contribution in [0, 0.1) is 12.8 Å². The second kappa shape index (κ2) is 7.89. The van der Waals surface area contributed by atoms with Gasteiger partial charge in [0.05, 0.1) is 12.5 Å².